The van der Waals surface area contributed by atoms with Crippen molar-refractivity contribution < 1.29 is 9.90 Å². The summed E-state index contributed by atoms with van der Waals surface area (Å²) in [6.07, 6.45) is 6.07. The Kier molecular flexibility index (Phi) is 3.21. The average Bonchev–Trinajstić information content (AvgIpc) is 2.44. The molecule has 4 aliphatic carbocycles. The largest absolute Gasteiger partial charge is 0.390 e. The summed E-state index contributed by atoms with van der Waals surface area (Å²) in [4.78, 5) is 26.4. The van der Waals surface area contributed by atoms with Gasteiger partial charge in [-0.05, 0) is 68.8 Å². The molecule has 3 N–H and O–H groups in total. The first-order chi connectivity index (χ1) is 10.9. The van der Waals surface area contributed by atoms with Gasteiger partial charge in [-0.1, -0.05) is 6.07 Å². The Labute approximate surface area is 135 Å². The Balaban J connectivity index is 1.54. The van der Waals surface area contributed by atoms with Crippen molar-refractivity contribution in [1.29, 1.82) is 0 Å². The van der Waals surface area contributed by atoms with E-state index in [2.05, 4.69) is 17.2 Å². The topological polar surface area (TPSA) is 82.2 Å². The number of aliphatic hydroxyl groups is 1. The van der Waals surface area contributed by atoms with Gasteiger partial charge in [-0.15, -0.1) is 0 Å². The number of amides is 1. The first-order valence-corrected chi connectivity index (χ1v) is 8.60. The van der Waals surface area contributed by atoms with E-state index in [1.807, 2.05) is 0 Å². The fourth-order valence-corrected chi connectivity index (χ4v) is 5.80. The number of pyridine rings is 1. The van der Waals surface area contributed by atoms with Gasteiger partial charge in [0, 0.05) is 12.1 Å². The summed E-state index contributed by atoms with van der Waals surface area (Å²) in [6, 6.07) is 4.60. The monoisotopic (exact) mass is 316 g/mol. The number of hydrogen-bond donors (Lipinski definition) is 3. The molecule has 1 amide bonds. The molecule has 0 aromatic carbocycles. The van der Waals surface area contributed by atoms with Crippen molar-refractivity contribution in [3.63, 3.8) is 0 Å². The van der Waals surface area contributed by atoms with E-state index >= 15 is 0 Å². The van der Waals surface area contributed by atoms with Gasteiger partial charge in [0.15, 0.2) is 0 Å². The quantitative estimate of drug-likeness (QED) is 0.795. The molecule has 5 nitrogen and oxygen atoms in total. The van der Waals surface area contributed by atoms with E-state index in [0.717, 1.165) is 32.1 Å². The molecular weight excluding hydrogens is 292 g/mol. The van der Waals surface area contributed by atoms with E-state index in [1.165, 1.54) is 12.5 Å². The van der Waals surface area contributed by atoms with Gasteiger partial charge in [0.25, 0.3) is 5.91 Å². The first-order valence-electron chi connectivity index (χ1n) is 8.60. The van der Waals surface area contributed by atoms with Crippen LogP contribution in [-0.4, -0.2) is 27.6 Å². The molecule has 0 spiro atoms. The third-order valence-electron chi connectivity index (χ3n) is 6.35. The lowest BCUT2D eigenvalue weighted by Crippen LogP contribution is -2.61. The van der Waals surface area contributed by atoms with Crippen LogP contribution < -0.4 is 10.9 Å². The zero-order chi connectivity index (χ0) is 16.2. The van der Waals surface area contributed by atoms with Gasteiger partial charge in [-0.25, -0.2) is 0 Å². The third-order valence-corrected chi connectivity index (χ3v) is 6.35. The molecule has 3 unspecified atom stereocenters. The average molecular weight is 316 g/mol. The molecule has 4 bridgehead atoms. The van der Waals surface area contributed by atoms with Gasteiger partial charge in [-0.3, -0.25) is 9.59 Å². The molecule has 1 aromatic rings. The molecule has 5 heteroatoms. The Morgan fingerprint density at radius 1 is 1.30 bits per heavy atom. The fourth-order valence-electron chi connectivity index (χ4n) is 5.80. The van der Waals surface area contributed by atoms with Crippen molar-refractivity contribution in [2.24, 2.45) is 17.3 Å². The third kappa shape index (κ3) is 2.51. The van der Waals surface area contributed by atoms with Crippen molar-refractivity contribution in [1.82, 2.24) is 10.3 Å². The van der Waals surface area contributed by atoms with E-state index in [0.29, 0.717) is 17.5 Å². The molecule has 4 aliphatic rings. The Bertz CT molecular complexity index is 682. The first kappa shape index (κ1) is 14.9. The van der Waals surface area contributed by atoms with E-state index in [4.69, 9.17) is 0 Å². The second-order valence-corrected chi connectivity index (χ2v) is 8.17. The highest BCUT2D eigenvalue weighted by Gasteiger charge is 2.59. The zero-order valence-corrected chi connectivity index (χ0v) is 13.5. The van der Waals surface area contributed by atoms with Crippen LogP contribution in [0.3, 0.4) is 0 Å². The standard InChI is InChI=1S/C18H24N2O3/c1-11(19-16(22)14-3-2-4-15(21)20-14)17-6-12-5-13(7-17)9-18(23,8-12)10-17/h2-4,11-13,23H,5-10H2,1H3,(H,19,22)(H,20,21). The highest BCUT2D eigenvalue weighted by molar-refractivity contribution is 5.92. The highest BCUT2D eigenvalue weighted by Crippen LogP contribution is 2.62. The molecule has 0 radical (unpaired) electrons. The molecule has 4 fully saturated rings. The number of aromatic amines is 1. The molecule has 5 rings (SSSR count). The van der Waals surface area contributed by atoms with Crippen molar-refractivity contribution in [3.05, 3.63) is 34.2 Å². The number of H-pyrrole nitrogens is 1. The van der Waals surface area contributed by atoms with Crippen LogP contribution in [0.2, 0.25) is 0 Å². The Morgan fingerprint density at radius 2 is 2.00 bits per heavy atom. The number of aromatic nitrogens is 1. The summed E-state index contributed by atoms with van der Waals surface area (Å²) in [5, 5.41) is 13.9. The molecule has 23 heavy (non-hydrogen) atoms. The Hall–Kier alpha value is -1.62. The van der Waals surface area contributed by atoms with Crippen LogP contribution in [0.15, 0.2) is 23.0 Å². The lowest BCUT2D eigenvalue weighted by molar-refractivity contribution is -0.171. The summed E-state index contributed by atoms with van der Waals surface area (Å²) < 4.78 is 0. The van der Waals surface area contributed by atoms with Crippen molar-refractivity contribution in [3.8, 4) is 0 Å². The van der Waals surface area contributed by atoms with Crippen LogP contribution in [-0.2, 0) is 0 Å². The smallest absolute Gasteiger partial charge is 0.268 e. The normalized spacial score (nSPS) is 39.2. The maximum absolute atomic E-state index is 12.4. The molecule has 3 atom stereocenters. The van der Waals surface area contributed by atoms with Gasteiger partial charge in [0.05, 0.1) is 5.60 Å². The fraction of sp³-hybridized carbons (Fsp3) is 0.667. The van der Waals surface area contributed by atoms with Crippen LogP contribution >= 0.6 is 0 Å². The van der Waals surface area contributed by atoms with E-state index in [9.17, 15) is 14.7 Å². The molecule has 4 saturated carbocycles. The number of nitrogens with one attached hydrogen (secondary N) is 2. The van der Waals surface area contributed by atoms with Crippen LogP contribution in [0, 0.1) is 17.3 Å². The maximum Gasteiger partial charge on any atom is 0.268 e. The van der Waals surface area contributed by atoms with E-state index in [-0.39, 0.29) is 22.9 Å². The molecule has 124 valence electrons. The summed E-state index contributed by atoms with van der Waals surface area (Å²) in [6.45, 7) is 2.05. The van der Waals surface area contributed by atoms with E-state index < -0.39 is 5.60 Å². The van der Waals surface area contributed by atoms with Crippen LogP contribution in [0.1, 0.15) is 55.9 Å². The highest BCUT2D eigenvalue weighted by atomic mass is 16.3. The molecule has 0 saturated heterocycles. The number of carbonyl (C=O) groups is 1. The van der Waals surface area contributed by atoms with Crippen LogP contribution in [0.5, 0.6) is 0 Å². The van der Waals surface area contributed by atoms with E-state index in [1.54, 1.807) is 12.1 Å². The van der Waals surface area contributed by atoms with Crippen molar-refractivity contribution in [2.75, 3.05) is 0 Å². The number of hydrogen-bond acceptors (Lipinski definition) is 3. The van der Waals surface area contributed by atoms with Gasteiger partial charge >= 0.3 is 0 Å². The number of carbonyl (C=O) groups excluding carboxylic acids is 1. The summed E-state index contributed by atoms with van der Waals surface area (Å²) >= 11 is 0. The van der Waals surface area contributed by atoms with Gasteiger partial charge in [0.2, 0.25) is 5.56 Å². The minimum absolute atomic E-state index is 0.00354. The molecule has 1 heterocycles. The number of rotatable bonds is 3. The minimum atomic E-state index is -0.524. The minimum Gasteiger partial charge on any atom is -0.390 e. The second kappa shape index (κ2) is 4.94. The summed E-state index contributed by atoms with van der Waals surface area (Å²) in [5.74, 6) is 0.951. The second-order valence-electron chi connectivity index (χ2n) is 8.17. The van der Waals surface area contributed by atoms with Gasteiger partial charge in [0.1, 0.15) is 5.69 Å². The van der Waals surface area contributed by atoms with Gasteiger partial charge < -0.3 is 15.4 Å². The van der Waals surface area contributed by atoms with Crippen molar-refractivity contribution >= 4 is 5.91 Å². The van der Waals surface area contributed by atoms with Crippen LogP contribution in [0.25, 0.3) is 0 Å². The molecular formula is C18H24N2O3. The zero-order valence-electron chi connectivity index (χ0n) is 13.5. The SMILES string of the molecule is CC(NC(=O)c1cccc(=O)[nH]1)C12CC3CC(CC(O)(C3)C1)C2. The molecule has 1 aromatic heterocycles. The van der Waals surface area contributed by atoms with Crippen LogP contribution in [0.4, 0.5) is 0 Å². The summed E-state index contributed by atoms with van der Waals surface area (Å²) in [5.41, 5.74) is -0.490. The summed E-state index contributed by atoms with van der Waals surface area (Å²) in [7, 11) is 0. The van der Waals surface area contributed by atoms with Crippen molar-refractivity contribution in [2.45, 2.75) is 57.1 Å². The molecule has 0 aliphatic heterocycles. The maximum atomic E-state index is 12.4. The Morgan fingerprint density at radius 3 is 2.61 bits per heavy atom. The predicted molar refractivity (Wildman–Crippen MR) is 86.1 cm³/mol. The van der Waals surface area contributed by atoms with Gasteiger partial charge in [-0.2, -0.15) is 0 Å². The lowest BCUT2D eigenvalue weighted by Gasteiger charge is -2.62. The predicted octanol–water partition coefficient (Wildman–Crippen LogP) is 1.82. The lowest BCUT2D eigenvalue weighted by atomic mass is 9.46.